The highest BCUT2D eigenvalue weighted by Gasteiger charge is 2.16. The molecule has 0 spiro atoms. The molecule has 3 rings (SSSR count). The summed E-state index contributed by atoms with van der Waals surface area (Å²) in [5, 5.41) is 13.5. The number of ether oxygens (including phenoxy) is 1. The van der Waals surface area contributed by atoms with Crippen LogP contribution in [0.15, 0.2) is 40.9 Å². The van der Waals surface area contributed by atoms with Crippen molar-refractivity contribution in [1.29, 1.82) is 5.26 Å². The summed E-state index contributed by atoms with van der Waals surface area (Å²) in [6.07, 6.45) is 0.755. The Balaban J connectivity index is 1.99. The maximum absolute atomic E-state index is 9.37. The van der Waals surface area contributed by atoms with Gasteiger partial charge in [0.2, 0.25) is 5.82 Å². The first kappa shape index (κ1) is 17.7. The van der Waals surface area contributed by atoms with Gasteiger partial charge in [-0.25, -0.2) is 0 Å². The van der Waals surface area contributed by atoms with E-state index in [4.69, 9.17) is 17.1 Å². The highest BCUT2D eigenvalue weighted by atomic mass is 16.5. The Morgan fingerprint density at radius 1 is 1.27 bits per heavy atom. The van der Waals surface area contributed by atoms with Gasteiger partial charge in [0.05, 0.1) is 11.7 Å². The van der Waals surface area contributed by atoms with Crippen molar-refractivity contribution in [2.45, 2.75) is 33.3 Å². The van der Waals surface area contributed by atoms with Crippen molar-refractivity contribution in [3.63, 3.8) is 0 Å². The second-order valence-electron chi connectivity index (χ2n) is 6.14. The van der Waals surface area contributed by atoms with E-state index in [0.717, 1.165) is 17.5 Å². The largest absolute Gasteiger partial charge is 0.490 e. The lowest BCUT2D eigenvalue weighted by Crippen LogP contribution is -2.10. The van der Waals surface area contributed by atoms with Crippen molar-refractivity contribution in [3.8, 4) is 34.7 Å². The third-order valence-electron chi connectivity index (χ3n) is 3.94. The third-order valence-corrected chi connectivity index (χ3v) is 3.94. The van der Waals surface area contributed by atoms with Gasteiger partial charge in [-0.1, -0.05) is 35.7 Å². The summed E-state index contributed by atoms with van der Waals surface area (Å²) in [7, 11) is 6.05. The van der Waals surface area contributed by atoms with E-state index < -0.39 is 0 Å². The molecule has 26 heavy (non-hydrogen) atoms. The van der Waals surface area contributed by atoms with E-state index in [2.05, 4.69) is 16.2 Å². The molecular weight excluding hydrogens is 325 g/mol. The first-order chi connectivity index (χ1) is 12.5. The monoisotopic (exact) mass is 343 g/mol. The Morgan fingerprint density at radius 3 is 2.77 bits per heavy atom. The minimum absolute atomic E-state index is 0.0149. The highest BCUT2D eigenvalue weighted by Crippen LogP contribution is 2.28. The second-order valence-corrected chi connectivity index (χ2v) is 6.14. The zero-order chi connectivity index (χ0) is 18.7. The molecule has 0 aliphatic heterocycles. The first-order valence-corrected chi connectivity index (χ1v) is 8.46. The molecule has 0 N–H and O–H groups in total. The van der Waals surface area contributed by atoms with E-state index >= 15 is 0 Å². The van der Waals surface area contributed by atoms with E-state index in [0.29, 0.717) is 34.1 Å². The lowest BCUT2D eigenvalue weighted by Gasteiger charge is -2.11. The van der Waals surface area contributed by atoms with Crippen molar-refractivity contribution >= 4 is 13.3 Å². The van der Waals surface area contributed by atoms with Crippen LogP contribution in [0.1, 0.15) is 31.9 Å². The van der Waals surface area contributed by atoms with Gasteiger partial charge in [0.15, 0.2) is 0 Å². The number of benzene rings is 2. The molecule has 0 aliphatic carbocycles. The van der Waals surface area contributed by atoms with Crippen LogP contribution in [0, 0.1) is 11.3 Å². The summed E-state index contributed by atoms with van der Waals surface area (Å²) in [6.45, 7) is 5.86. The lowest BCUT2D eigenvalue weighted by molar-refractivity contribution is 0.242. The summed E-state index contributed by atoms with van der Waals surface area (Å²) >= 11 is 0. The van der Waals surface area contributed by atoms with E-state index in [1.54, 1.807) is 18.2 Å². The number of nitriles is 1. The van der Waals surface area contributed by atoms with Gasteiger partial charge in [0.25, 0.3) is 5.89 Å². The molecule has 3 aromatic rings. The van der Waals surface area contributed by atoms with Gasteiger partial charge in [-0.3, -0.25) is 0 Å². The molecule has 5 nitrogen and oxygen atoms in total. The van der Waals surface area contributed by atoms with Gasteiger partial charge in [-0.15, -0.1) is 0 Å². The van der Waals surface area contributed by atoms with E-state index in [1.165, 1.54) is 0 Å². The van der Waals surface area contributed by atoms with Crippen LogP contribution in [-0.2, 0) is 6.42 Å². The molecule has 0 atom stereocenters. The predicted molar refractivity (Wildman–Crippen MR) is 100 cm³/mol. The summed E-state index contributed by atoms with van der Waals surface area (Å²) < 4.78 is 11.1. The van der Waals surface area contributed by atoms with Crippen LogP contribution in [0.2, 0.25) is 0 Å². The molecule has 0 unspecified atom stereocenters. The van der Waals surface area contributed by atoms with Crippen LogP contribution in [-0.4, -0.2) is 24.1 Å². The molecule has 0 bridgehead atoms. The molecule has 6 heteroatoms. The van der Waals surface area contributed by atoms with Crippen molar-refractivity contribution in [2.75, 3.05) is 0 Å². The number of hydrogen-bond acceptors (Lipinski definition) is 5. The molecule has 128 valence electrons. The molecular formula is C20H18BN3O2. The Kier molecular flexibility index (Phi) is 5.08. The molecule has 2 radical (unpaired) electrons. The quantitative estimate of drug-likeness (QED) is 0.664. The normalized spacial score (nSPS) is 10.7. The van der Waals surface area contributed by atoms with Gasteiger partial charge >= 0.3 is 0 Å². The van der Waals surface area contributed by atoms with E-state index in [-0.39, 0.29) is 6.10 Å². The van der Waals surface area contributed by atoms with Crippen molar-refractivity contribution in [3.05, 3.63) is 47.5 Å². The fraction of sp³-hybridized carbons (Fsp3) is 0.250. The van der Waals surface area contributed by atoms with Gasteiger partial charge in [-0.05, 0) is 44.0 Å². The molecule has 0 aliphatic rings. The van der Waals surface area contributed by atoms with Crippen molar-refractivity contribution in [2.24, 2.45) is 0 Å². The fourth-order valence-corrected chi connectivity index (χ4v) is 2.77. The van der Waals surface area contributed by atoms with Crippen LogP contribution in [0.5, 0.6) is 5.75 Å². The van der Waals surface area contributed by atoms with Crippen LogP contribution in [0.3, 0.4) is 0 Å². The Labute approximate surface area is 154 Å². The SMILES string of the molecule is [B]c1cccc(-c2noc(-c3ccc(OC(C)C)c(C#N)c3)n2)c1CC. The molecule has 0 saturated heterocycles. The number of aromatic nitrogens is 2. The summed E-state index contributed by atoms with van der Waals surface area (Å²) in [5.74, 6) is 1.36. The Bertz CT molecular complexity index is 973. The topological polar surface area (TPSA) is 71.9 Å². The van der Waals surface area contributed by atoms with E-state index in [9.17, 15) is 5.26 Å². The van der Waals surface area contributed by atoms with Crippen molar-refractivity contribution in [1.82, 2.24) is 10.1 Å². The molecule has 1 aromatic heterocycles. The fourth-order valence-electron chi connectivity index (χ4n) is 2.77. The maximum atomic E-state index is 9.37. The van der Waals surface area contributed by atoms with Crippen LogP contribution in [0.25, 0.3) is 22.8 Å². The number of hydrogen-bond donors (Lipinski definition) is 0. The minimum atomic E-state index is -0.0149. The third kappa shape index (κ3) is 3.47. The van der Waals surface area contributed by atoms with Gasteiger partial charge < -0.3 is 9.26 Å². The minimum Gasteiger partial charge on any atom is -0.490 e. The standard InChI is InChI=1S/C20H18BN3O2/c1-4-15-16(6-5-7-17(15)21)19-23-20(26-24-19)13-8-9-18(25-12(2)3)14(10-13)11-22/h5-10,12H,4H2,1-3H3. The Morgan fingerprint density at radius 2 is 2.08 bits per heavy atom. The molecule has 0 amide bonds. The molecule has 1 heterocycles. The van der Waals surface area contributed by atoms with Gasteiger partial charge in [0, 0.05) is 11.1 Å². The average Bonchev–Trinajstić information content (AvgIpc) is 3.11. The number of rotatable bonds is 5. The van der Waals surface area contributed by atoms with E-state index in [1.807, 2.05) is 39.0 Å². The zero-order valence-corrected chi connectivity index (χ0v) is 15.0. The van der Waals surface area contributed by atoms with Gasteiger partial charge in [-0.2, -0.15) is 10.2 Å². The van der Waals surface area contributed by atoms with Crippen molar-refractivity contribution < 1.29 is 9.26 Å². The second kappa shape index (κ2) is 7.44. The predicted octanol–water partition coefficient (Wildman–Crippen LogP) is 3.42. The molecule has 0 fully saturated rings. The molecule has 0 saturated carbocycles. The smallest absolute Gasteiger partial charge is 0.258 e. The summed E-state index contributed by atoms with van der Waals surface area (Å²) in [6, 6.07) is 13.0. The highest BCUT2D eigenvalue weighted by molar-refractivity contribution is 6.33. The first-order valence-electron chi connectivity index (χ1n) is 8.46. The summed E-state index contributed by atoms with van der Waals surface area (Å²) in [5.41, 5.74) is 3.63. The maximum Gasteiger partial charge on any atom is 0.258 e. The Hall–Kier alpha value is -3.07. The molecule has 2 aromatic carbocycles. The lowest BCUT2D eigenvalue weighted by atomic mass is 9.86. The number of nitrogens with zero attached hydrogens (tertiary/aromatic N) is 3. The van der Waals surface area contributed by atoms with Gasteiger partial charge in [0.1, 0.15) is 19.7 Å². The van der Waals surface area contributed by atoms with Crippen LogP contribution < -0.4 is 10.2 Å². The van der Waals surface area contributed by atoms with Crippen LogP contribution >= 0.6 is 0 Å². The zero-order valence-electron chi connectivity index (χ0n) is 15.0. The summed E-state index contributed by atoms with van der Waals surface area (Å²) in [4.78, 5) is 4.48. The average molecular weight is 343 g/mol. The van der Waals surface area contributed by atoms with Crippen LogP contribution in [0.4, 0.5) is 0 Å².